The van der Waals surface area contributed by atoms with Crippen molar-refractivity contribution in [3.05, 3.63) is 46.1 Å². The predicted molar refractivity (Wildman–Crippen MR) is 66.4 cm³/mol. The number of alkyl halides is 3. The van der Waals surface area contributed by atoms with Crippen LogP contribution in [0.5, 0.6) is 5.75 Å². The molecule has 2 rings (SSSR count). The smallest absolute Gasteiger partial charge is 0.433 e. The number of nitrogens with zero attached hydrogens (tertiary/aromatic N) is 1. The lowest BCUT2D eigenvalue weighted by atomic mass is 10.1. The minimum absolute atomic E-state index is 0.0643. The fourth-order valence-electron chi connectivity index (χ4n) is 1.52. The van der Waals surface area contributed by atoms with E-state index in [1.54, 1.807) is 6.07 Å². The molecule has 0 fully saturated rings. The lowest BCUT2D eigenvalue weighted by Crippen LogP contribution is -2.08. The second-order valence-corrected chi connectivity index (χ2v) is 4.47. The summed E-state index contributed by atoms with van der Waals surface area (Å²) < 4.78 is 37.8. The van der Waals surface area contributed by atoms with Gasteiger partial charge in [0.15, 0.2) is 0 Å². The monoisotopic (exact) mass is 307 g/mol. The molecule has 100 valence electrons. The molecule has 2 nitrogen and oxygen atoms in total. The highest BCUT2D eigenvalue weighted by atomic mass is 35.5. The Morgan fingerprint density at radius 2 is 1.58 bits per heavy atom. The van der Waals surface area contributed by atoms with E-state index in [1.807, 2.05) is 0 Å². The van der Waals surface area contributed by atoms with Crippen LogP contribution in [0.3, 0.4) is 0 Å². The van der Waals surface area contributed by atoms with Crippen molar-refractivity contribution in [2.75, 3.05) is 0 Å². The quantitative estimate of drug-likeness (QED) is 0.822. The van der Waals surface area contributed by atoms with Crippen molar-refractivity contribution in [3.63, 3.8) is 0 Å². The van der Waals surface area contributed by atoms with Crippen molar-refractivity contribution >= 4 is 23.2 Å². The van der Waals surface area contributed by atoms with Crippen LogP contribution in [-0.2, 0) is 6.18 Å². The van der Waals surface area contributed by atoms with Gasteiger partial charge in [-0.25, -0.2) is 4.98 Å². The van der Waals surface area contributed by atoms with E-state index < -0.39 is 17.6 Å². The number of aromatic nitrogens is 1. The second-order valence-electron chi connectivity index (χ2n) is 3.66. The standard InChI is InChI=1S/C12H6Cl2F3NO/c13-6-2-1-3-7(14)10(6)11-8(19)4-5-9(18-11)12(15,16)17/h1-5,19H. The van der Waals surface area contributed by atoms with Crippen molar-refractivity contribution in [1.29, 1.82) is 0 Å². The Balaban J connectivity index is 2.69. The van der Waals surface area contributed by atoms with Crippen LogP contribution in [0.15, 0.2) is 30.3 Å². The summed E-state index contributed by atoms with van der Waals surface area (Å²) in [6.45, 7) is 0. The van der Waals surface area contributed by atoms with Gasteiger partial charge in [0.05, 0.1) is 10.0 Å². The summed E-state index contributed by atoms with van der Waals surface area (Å²) in [5, 5.41) is 9.87. The minimum Gasteiger partial charge on any atom is -0.506 e. The van der Waals surface area contributed by atoms with Gasteiger partial charge in [0.25, 0.3) is 0 Å². The Morgan fingerprint density at radius 1 is 1.00 bits per heavy atom. The first kappa shape index (κ1) is 14.0. The zero-order valence-electron chi connectivity index (χ0n) is 9.17. The number of aromatic hydroxyl groups is 1. The van der Waals surface area contributed by atoms with Crippen molar-refractivity contribution in [1.82, 2.24) is 4.98 Å². The third kappa shape index (κ3) is 2.77. The maximum Gasteiger partial charge on any atom is 0.433 e. The second kappa shape index (κ2) is 4.90. The molecule has 0 atom stereocenters. The van der Waals surface area contributed by atoms with Crippen molar-refractivity contribution in [2.24, 2.45) is 0 Å². The Bertz CT molecular complexity index is 609. The molecule has 0 aliphatic rings. The van der Waals surface area contributed by atoms with E-state index in [-0.39, 0.29) is 21.3 Å². The van der Waals surface area contributed by atoms with E-state index in [4.69, 9.17) is 23.2 Å². The van der Waals surface area contributed by atoms with Crippen LogP contribution < -0.4 is 0 Å². The number of benzene rings is 1. The normalized spacial score (nSPS) is 11.6. The first-order valence-electron chi connectivity index (χ1n) is 5.02. The van der Waals surface area contributed by atoms with E-state index in [0.29, 0.717) is 6.07 Å². The Kier molecular flexibility index (Phi) is 3.60. The average molecular weight is 308 g/mol. The molecule has 1 aromatic heterocycles. The van der Waals surface area contributed by atoms with Crippen LogP contribution in [0, 0.1) is 0 Å². The molecule has 1 N–H and O–H groups in total. The zero-order valence-corrected chi connectivity index (χ0v) is 10.7. The molecule has 0 unspecified atom stereocenters. The fourth-order valence-corrected chi connectivity index (χ4v) is 2.09. The third-order valence-corrected chi connectivity index (χ3v) is 2.99. The molecule has 0 saturated heterocycles. The summed E-state index contributed by atoms with van der Waals surface area (Å²) in [5.74, 6) is -0.428. The minimum atomic E-state index is -4.61. The fraction of sp³-hybridized carbons (Fsp3) is 0.0833. The van der Waals surface area contributed by atoms with Crippen LogP contribution in [-0.4, -0.2) is 10.1 Å². The van der Waals surface area contributed by atoms with Gasteiger partial charge in [-0.05, 0) is 24.3 Å². The molecule has 0 amide bonds. The maximum absolute atomic E-state index is 12.6. The number of rotatable bonds is 1. The van der Waals surface area contributed by atoms with Gasteiger partial charge in [-0.15, -0.1) is 0 Å². The third-order valence-electron chi connectivity index (χ3n) is 2.36. The van der Waals surface area contributed by atoms with Crippen molar-refractivity contribution in [3.8, 4) is 17.0 Å². The number of pyridine rings is 1. The maximum atomic E-state index is 12.6. The van der Waals surface area contributed by atoms with E-state index in [0.717, 1.165) is 6.07 Å². The van der Waals surface area contributed by atoms with Gasteiger partial charge in [-0.3, -0.25) is 0 Å². The highest BCUT2D eigenvalue weighted by Gasteiger charge is 2.33. The molecule has 0 radical (unpaired) electrons. The van der Waals surface area contributed by atoms with Gasteiger partial charge < -0.3 is 5.11 Å². The lowest BCUT2D eigenvalue weighted by molar-refractivity contribution is -0.141. The molecule has 1 aromatic carbocycles. The van der Waals surface area contributed by atoms with E-state index in [1.165, 1.54) is 12.1 Å². The summed E-state index contributed by atoms with van der Waals surface area (Å²) >= 11 is 11.8. The lowest BCUT2D eigenvalue weighted by Gasteiger charge is -2.11. The number of hydrogen-bond donors (Lipinski definition) is 1. The van der Waals surface area contributed by atoms with Crippen LogP contribution in [0.4, 0.5) is 13.2 Å². The van der Waals surface area contributed by atoms with Crippen LogP contribution >= 0.6 is 23.2 Å². The van der Waals surface area contributed by atoms with Gasteiger partial charge in [-0.2, -0.15) is 13.2 Å². The van der Waals surface area contributed by atoms with Gasteiger partial charge >= 0.3 is 6.18 Å². The SMILES string of the molecule is Oc1ccc(C(F)(F)F)nc1-c1c(Cl)cccc1Cl. The van der Waals surface area contributed by atoms with Crippen molar-refractivity contribution < 1.29 is 18.3 Å². The Morgan fingerprint density at radius 3 is 2.11 bits per heavy atom. The largest absolute Gasteiger partial charge is 0.506 e. The zero-order chi connectivity index (χ0) is 14.2. The molecular weight excluding hydrogens is 302 g/mol. The number of hydrogen-bond acceptors (Lipinski definition) is 2. The Hall–Kier alpha value is -1.46. The summed E-state index contributed by atoms with van der Waals surface area (Å²) in [5.41, 5.74) is -1.36. The molecule has 1 heterocycles. The molecule has 0 aliphatic heterocycles. The Labute approximate surface area is 116 Å². The van der Waals surface area contributed by atoms with E-state index in [2.05, 4.69) is 4.98 Å². The summed E-state index contributed by atoms with van der Waals surface area (Å²) in [7, 11) is 0. The topological polar surface area (TPSA) is 33.1 Å². The average Bonchev–Trinajstić information content (AvgIpc) is 2.29. The van der Waals surface area contributed by atoms with Gasteiger partial charge in [0.1, 0.15) is 17.1 Å². The predicted octanol–water partition coefficient (Wildman–Crippen LogP) is 4.78. The highest BCUT2D eigenvalue weighted by molar-refractivity contribution is 6.39. The van der Waals surface area contributed by atoms with Crippen LogP contribution in [0.25, 0.3) is 11.3 Å². The first-order valence-corrected chi connectivity index (χ1v) is 5.78. The molecule has 19 heavy (non-hydrogen) atoms. The molecule has 0 bridgehead atoms. The summed E-state index contributed by atoms with van der Waals surface area (Å²) in [6, 6.07) is 6.03. The molecule has 0 saturated carbocycles. The summed E-state index contributed by atoms with van der Waals surface area (Å²) in [4.78, 5) is 3.39. The van der Waals surface area contributed by atoms with E-state index >= 15 is 0 Å². The van der Waals surface area contributed by atoms with E-state index in [9.17, 15) is 18.3 Å². The number of halogens is 5. The molecular formula is C12H6Cl2F3NO. The molecule has 0 aliphatic carbocycles. The summed E-state index contributed by atoms with van der Waals surface area (Å²) in [6.07, 6.45) is -4.61. The van der Waals surface area contributed by atoms with Crippen LogP contribution in [0.1, 0.15) is 5.69 Å². The molecule has 0 spiro atoms. The first-order chi connectivity index (χ1) is 8.80. The van der Waals surface area contributed by atoms with Gasteiger partial charge in [0, 0.05) is 5.56 Å². The highest BCUT2D eigenvalue weighted by Crippen LogP contribution is 2.39. The van der Waals surface area contributed by atoms with Crippen molar-refractivity contribution in [2.45, 2.75) is 6.18 Å². The van der Waals surface area contributed by atoms with Gasteiger partial charge in [-0.1, -0.05) is 29.3 Å². The van der Waals surface area contributed by atoms with Gasteiger partial charge in [0.2, 0.25) is 0 Å². The molecule has 7 heteroatoms. The van der Waals surface area contributed by atoms with Crippen LogP contribution in [0.2, 0.25) is 10.0 Å². The molecule has 2 aromatic rings.